The average Bonchev–Trinajstić information content (AvgIpc) is 2.82. The van der Waals surface area contributed by atoms with E-state index in [-0.39, 0.29) is 0 Å². The maximum atomic E-state index is 5.76. The van der Waals surface area contributed by atoms with Crippen molar-refractivity contribution in [1.29, 1.82) is 0 Å². The summed E-state index contributed by atoms with van der Waals surface area (Å²) in [5.41, 5.74) is 0. The molecule has 0 amide bonds. The SMILES string of the molecule is CCCNC1CCC(C(C)C)CC1SC1CCOC1C. The van der Waals surface area contributed by atoms with Crippen LogP contribution in [0.4, 0.5) is 0 Å². The maximum absolute atomic E-state index is 5.76. The molecule has 1 aliphatic carbocycles. The Balaban J connectivity index is 1.93. The van der Waals surface area contributed by atoms with E-state index in [0.29, 0.717) is 6.10 Å². The number of hydrogen-bond acceptors (Lipinski definition) is 3. The standard InChI is InChI=1S/C17H33NOS/c1-5-9-18-15-7-6-14(12(2)3)11-17(15)20-16-8-10-19-13(16)4/h12-18H,5-11H2,1-4H3. The van der Waals surface area contributed by atoms with E-state index in [4.69, 9.17) is 4.74 Å². The van der Waals surface area contributed by atoms with Crippen LogP contribution in [0.15, 0.2) is 0 Å². The highest BCUT2D eigenvalue weighted by molar-refractivity contribution is 8.00. The molecule has 0 spiro atoms. The van der Waals surface area contributed by atoms with Crippen molar-refractivity contribution in [2.75, 3.05) is 13.2 Å². The Morgan fingerprint density at radius 3 is 2.60 bits per heavy atom. The molecule has 1 saturated carbocycles. The summed E-state index contributed by atoms with van der Waals surface area (Å²) < 4.78 is 5.76. The van der Waals surface area contributed by atoms with Gasteiger partial charge in [-0.2, -0.15) is 11.8 Å². The highest BCUT2D eigenvalue weighted by Crippen LogP contribution is 2.40. The van der Waals surface area contributed by atoms with Gasteiger partial charge in [-0.15, -0.1) is 0 Å². The Kier molecular flexibility index (Phi) is 6.70. The first-order valence-electron chi connectivity index (χ1n) is 8.62. The first-order chi connectivity index (χ1) is 9.61. The lowest BCUT2D eigenvalue weighted by Crippen LogP contribution is -2.44. The molecule has 2 nitrogen and oxygen atoms in total. The maximum Gasteiger partial charge on any atom is 0.0666 e. The van der Waals surface area contributed by atoms with Crippen LogP contribution in [-0.4, -0.2) is 35.8 Å². The Labute approximate surface area is 129 Å². The van der Waals surface area contributed by atoms with Crippen LogP contribution >= 0.6 is 11.8 Å². The third-order valence-electron chi connectivity index (χ3n) is 5.09. The molecule has 20 heavy (non-hydrogen) atoms. The van der Waals surface area contributed by atoms with E-state index in [1.54, 1.807) is 0 Å². The molecule has 5 atom stereocenters. The quantitative estimate of drug-likeness (QED) is 0.798. The van der Waals surface area contributed by atoms with Gasteiger partial charge in [0.05, 0.1) is 6.10 Å². The van der Waals surface area contributed by atoms with Gasteiger partial charge in [0.2, 0.25) is 0 Å². The van der Waals surface area contributed by atoms with E-state index >= 15 is 0 Å². The Hall–Kier alpha value is 0.270. The van der Waals surface area contributed by atoms with Crippen molar-refractivity contribution in [2.45, 2.75) is 82.4 Å². The van der Waals surface area contributed by atoms with Crippen molar-refractivity contribution >= 4 is 11.8 Å². The number of ether oxygens (including phenoxy) is 1. The van der Waals surface area contributed by atoms with Gasteiger partial charge >= 0.3 is 0 Å². The molecule has 0 aromatic heterocycles. The summed E-state index contributed by atoms with van der Waals surface area (Å²) >= 11 is 2.23. The van der Waals surface area contributed by atoms with Crippen molar-refractivity contribution in [3.05, 3.63) is 0 Å². The second-order valence-corrected chi connectivity index (χ2v) is 8.44. The molecule has 3 heteroatoms. The summed E-state index contributed by atoms with van der Waals surface area (Å²) in [6, 6.07) is 0.725. The van der Waals surface area contributed by atoms with Crippen LogP contribution in [0, 0.1) is 11.8 Å². The lowest BCUT2D eigenvalue weighted by atomic mass is 9.79. The van der Waals surface area contributed by atoms with Gasteiger partial charge in [-0.25, -0.2) is 0 Å². The molecule has 2 aliphatic rings. The predicted octanol–water partition coefficient (Wildman–Crippen LogP) is 4.09. The van der Waals surface area contributed by atoms with E-state index in [9.17, 15) is 0 Å². The third-order valence-corrected chi connectivity index (χ3v) is 6.93. The van der Waals surface area contributed by atoms with E-state index < -0.39 is 0 Å². The minimum Gasteiger partial charge on any atom is -0.377 e. The molecule has 2 fully saturated rings. The molecular weight excluding hydrogens is 266 g/mol. The van der Waals surface area contributed by atoms with Crippen LogP contribution in [0.3, 0.4) is 0 Å². The van der Waals surface area contributed by atoms with Crippen molar-refractivity contribution in [3.8, 4) is 0 Å². The predicted molar refractivity (Wildman–Crippen MR) is 89.5 cm³/mol. The highest BCUT2D eigenvalue weighted by Gasteiger charge is 2.36. The van der Waals surface area contributed by atoms with Crippen molar-refractivity contribution < 1.29 is 4.74 Å². The van der Waals surface area contributed by atoms with E-state index in [0.717, 1.165) is 35.0 Å². The first-order valence-corrected chi connectivity index (χ1v) is 9.56. The summed E-state index contributed by atoms with van der Waals surface area (Å²) in [5, 5.41) is 5.32. The second kappa shape index (κ2) is 8.05. The molecule has 5 unspecified atom stereocenters. The van der Waals surface area contributed by atoms with E-state index in [1.807, 2.05) is 0 Å². The van der Waals surface area contributed by atoms with Gasteiger partial charge in [-0.1, -0.05) is 20.8 Å². The minimum absolute atomic E-state index is 0.450. The van der Waals surface area contributed by atoms with Crippen LogP contribution in [-0.2, 0) is 4.74 Å². The summed E-state index contributed by atoms with van der Waals surface area (Å²) in [6.45, 7) is 11.4. The Bertz CT molecular complexity index is 284. The Morgan fingerprint density at radius 2 is 2.00 bits per heavy atom. The summed E-state index contributed by atoms with van der Waals surface area (Å²) in [7, 11) is 0. The lowest BCUT2D eigenvalue weighted by molar-refractivity contribution is 0.127. The van der Waals surface area contributed by atoms with Crippen molar-refractivity contribution in [1.82, 2.24) is 5.32 Å². The van der Waals surface area contributed by atoms with Crippen LogP contribution < -0.4 is 5.32 Å². The van der Waals surface area contributed by atoms with Crippen LogP contribution in [0.5, 0.6) is 0 Å². The molecule has 1 saturated heterocycles. The highest BCUT2D eigenvalue weighted by atomic mass is 32.2. The van der Waals surface area contributed by atoms with Crippen LogP contribution in [0.25, 0.3) is 0 Å². The molecule has 1 N–H and O–H groups in total. The van der Waals surface area contributed by atoms with Gasteiger partial charge < -0.3 is 10.1 Å². The van der Waals surface area contributed by atoms with Gasteiger partial charge in [-0.3, -0.25) is 0 Å². The topological polar surface area (TPSA) is 21.3 Å². The molecule has 2 rings (SSSR count). The summed E-state index contributed by atoms with van der Waals surface area (Å²) in [4.78, 5) is 0. The molecule has 118 valence electrons. The normalized spacial score (nSPS) is 38.5. The molecule has 0 bridgehead atoms. The number of thioether (sulfide) groups is 1. The summed E-state index contributed by atoms with van der Waals surface area (Å²) in [6.07, 6.45) is 7.10. The molecule has 1 heterocycles. The number of hydrogen-bond donors (Lipinski definition) is 1. The van der Waals surface area contributed by atoms with Gasteiger partial charge in [-0.05, 0) is 57.4 Å². The smallest absolute Gasteiger partial charge is 0.0666 e. The zero-order valence-electron chi connectivity index (χ0n) is 13.7. The molecule has 0 aromatic carbocycles. The summed E-state index contributed by atoms with van der Waals surface area (Å²) in [5.74, 6) is 1.76. The fourth-order valence-electron chi connectivity index (χ4n) is 3.59. The van der Waals surface area contributed by atoms with Crippen molar-refractivity contribution in [3.63, 3.8) is 0 Å². The van der Waals surface area contributed by atoms with Gasteiger partial charge in [0, 0.05) is 23.1 Å². The fraction of sp³-hybridized carbons (Fsp3) is 1.00. The fourth-order valence-corrected chi connectivity index (χ4v) is 5.36. The number of rotatable bonds is 6. The average molecular weight is 300 g/mol. The molecule has 0 aromatic rings. The molecular formula is C17H33NOS. The zero-order valence-corrected chi connectivity index (χ0v) is 14.5. The first kappa shape index (κ1) is 16.6. The van der Waals surface area contributed by atoms with Gasteiger partial charge in [0.15, 0.2) is 0 Å². The molecule has 1 aliphatic heterocycles. The van der Waals surface area contributed by atoms with Crippen LogP contribution in [0.1, 0.15) is 59.8 Å². The van der Waals surface area contributed by atoms with Crippen LogP contribution in [0.2, 0.25) is 0 Å². The minimum atomic E-state index is 0.450. The van der Waals surface area contributed by atoms with Gasteiger partial charge in [0.25, 0.3) is 0 Å². The van der Waals surface area contributed by atoms with Gasteiger partial charge in [0.1, 0.15) is 0 Å². The van der Waals surface area contributed by atoms with E-state index in [2.05, 4.69) is 44.8 Å². The third kappa shape index (κ3) is 4.38. The van der Waals surface area contributed by atoms with E-state index in [1.165, 1.54) is 38.6 Å². The number of nitrogens with one attached hydrogen (secondary N) is 1. The second-order valence-electron chi connectivity index (χ2n) is 6.96. The van der Waals surface area contributed by atoms with Crippen molar-refractivity contribution in [2.24, 2.45) is 11.8 Å². The Morgan fingerprint density at radius 1 is 1.20 bits per heavy atom. The lowest BCUT2D eigenvalue weighted by Gasteiger charge is -2.39. The monoisotopic (exact) mass is 299 g/mol. The zero-order chi connectivity index (χ0) is 14.5. The largest absolute Gasteiger partial charge is 0.377 e. The molecule has 0 radical (unpaired) electrons.